The van der Waals surface area contributed by atoms with E-state index in [9.17, 15) is 26.4 Å². The van der Waals surface area contributed by atoms with Crippen LogP contribution in [0.1, 0.15) is 56.8 Å². The Morgan fingerprint density at radius 3 is 2.41 bits per heavy atom. The smallest absolute Gasteiger partial charge is 0.496 e. The number of halogens is 3. The predicted octanol–water partition coefficient (Wildman–Crippen LogP) is 6.36. The van der Waals surface area contributed by atoms with Gasteiger partial charge in [-0.15, -0.1) is 0 Å². The van der Waals surface area contributed by atoms with Gasteiger partial charge in [0.1, 0.15) is 23.2 Å². The first-order valence-corrected chi connectivity index (χ1v) is 13.6. The molecular formula is C27H32F3NO7S. The van der Waals surface area contributed by atoms with E-state index in [-0.39, 0.29) is 24.3 Å². The minimum atomic E-state index is -5.91. The Bertz CT molecular complexity index is 1330. The summed E-state index contributed by atoms with van der Waals surface area (Å²) in [7, 11) is -4.36. The zero-order valence-electron chi connectivity index (χ0n) is 22.5. The molecule has 1 aliphatic rings. The molecule has 8 nitrogen and oxygen atoms in total. The van der Waals surface area contributed by atoms with Gasteiger partial charge >= 0.3 is 21.7 Å². The summed E-state index contributed by atoms with van der Waals surface area (Å²) in [6.07, 6.45) is -0.243. The molecule has 214 valence electrons. The fourth-order valence-electron chi connectivity index (χ4n) is 3.92. The van der Waals surface area contributed by atoms with Gasteiger partial charge in [-0.3, -0.25) is 0 Å². The highest BCUT2D eigenvalue weighted by Crippen LogP contribution is 2.37. The summed E-state index contributed by atoms with van der Waals surface area (Å²) in [5.41, 5.74) is -4.64. The van der Waals surface area contributed by atoms with Gasteiger partial charge in [0.2, 0.25) is 0 Å². The number of rotatable bonds is 8. The second-order valence-electron chi connectivity index (χ2n) is 10.0. The van der Waals surface area contributed by atoms with Gasteiger partial charge in [-0.1, -0.05) is 24.3 Å². The van der Waals surface area contributed by atoms with E-state index in [4.69, 9.17) is 14.2 Å². The standard InChI is InChI=1S/C27H32F3NO7S/c1-17-11-12-19(15-23(17)35-6)18(2)31(25(32)37-26(3,4)5)14-13-20-16-24(38-39(33,34)27(28,29)30)21-9-7-8-10-22(21)36-20/h7-12,15-16,18,20H,13-14H2,1-6H3/t18-,20+/m1/s1. The molecule has 2 aromatic rings. The molecule has 0 saturated heterocycles. The molecule has 3 rings (SSSR count). The maximum atomic E-state index is 13.2. The fourth-order valence-corrected chi connectivity index (χ4v) is 4.39. The van der Waals surface area contributed by atoms with Crippen molar-refractivity contribution < 1.29 is 44.8 Å². The second-order valence-corrected chi connectivity index (χ2v) is 11.6. The van der Waals surface area contributed by atoms with Crippen LogP contribution in [-0.4, -0.2) is 50.3 Å². The van der Waals surface area contributed by atoms with Crippen molar-refractivity contribution in [3.8, 4) is 11.5 Å². The van der Waals surface area contributed by atoms with Crippen molar-refractivity contribution in [2.75, 3.05) is 13.7 Å². The van der Waals surface area contributed by atoms with Crippen molar-refractivity contribution in [1.82, 2.24) is 4.90 Å². The molecular weight excluding hydrogens is 539 g/mol. The van der Waals surface area contributed by atoms with Crippen molar-refractivity contribution in [2.45, 2.75) is 64.3 Å². The zero-order chi connectivity index (χ0) is 29.2. The van der Waals surface area contributed by atoms with Crippen molar-refractivity contribution in [2.24, 2.45) is 0 Å². The van der Waals surface area contributed by atoms with E-state index >= 15 is 0 Å². The number of para-hydroxylation sites is 1. The van der Waals surface area contributed by atoms with Crippen LogP contribution in [0.2, 0.25) is 0 Å². The molecule has 0 radical (unpaired) electrons. The molecule has 0 fully saturated rings. The fraction of sp³-hybridized carbons (Fsp3) is 0.444. The summed E-state index contributed by atoms with van der Waals surface area (Å²) >= 11 is 0. The molecule has 39 heavy (non-hydrogen) atoms. The first kappa shape index (κ1) is 30.1. The number of aryl methyl sites for hydroxylation is 1. The summed E-state index contributed by atoms with van der Waals surface area (Å²) in [6, 6.07) is 11.1. The Morgan fingerprint density at radius 2 is 1.79 bits per heavy atom. The Kier molecular flexibility index (Phi) is 8.79. The van der Waals surface area contributed by atoms with Gasteiger partial charge in [0, 0.05) is 19.0 Å². The number of methoxy groups -OCH3 is 1. The first-order chi connectivity index (χ1) is 18.0. The van der Waals surface area contributed by atoms with Gasteiger partial charge in [0.15, 0.2) is 5.76 Å². The molecule has 12 heteroatoms. The average molecular weight is 572 g/mol. The first-order valence-electron chi connectivity index (χ1n) is 12.1. The lowest BCUT2D eigenvalue weighted by Gasteiger charge is -2.33. The predicted molar refractivity (Wildman–Crippen MR) is 139 cm³/mol. The van der Waals surface area contributed by atoms with E-state index in [2.05, 4.69) is 4.18 Å². The number of ether oxygens (including phenoxy) is 3. The van der Waals surface area contributed by atoms with Gasteiger partial charge in [0.25, 0.3) is 0 Å². The van der Waals surface area contributed by atoms with Crippen LogP contribution in [0.3, 0.4) is 0 Å². The van der Waals surface area contributed by atoms with Crippen LogP contribution in [-0.2, 0) is 19.0 Å². The van der Waals surface area contributed by atoms with Gasteiger partial charge < -0.3 is 23.3 Å². The van der Waals surface area contributed by atoms with Gasteiger partial charge in [-0.2, -0.15) is 21.6 Å². The summed E-state index contributed by atoms with van der Waals surface area (Å²) < 4.78 is 84.0. The molecule has 1 aliphatic heterocycles. The highest BCUT2D eigenvalue weighted by molar-refractivity contribution is 7.87. The van der Waals surface area contributed by atoms with Gasteiger partial charge in [0.05, 0.1) is 18.7 Å². The SMILES string of the molecule is COc1cc([C@@H](C)N(CC[C@H]2C=C(OS(=O)(=O)C(F)(F)F)c3ccccc3O2)C(=O)OC(C)(C)C)ccc1C. The summed E-state index contributed by atoms with van der Waals surface area (Å²) in [6.45, 7) is 8.97. The quantitative estimate of drug-likeness (QED) is 0.269. The van der Waals surface area contributed by atoms with Crippen molar-refractivity contribution in [3.63, 3.8) is 0 Å². The van der Waals surface area contributed by atoms with E-state index < -0.39 is 45.2 Å². The van der Waals surface area contributed by atoms with E-state index in [1.165, 1.54) is 29.2 Å². The van der Waals surface area contributed by atoms with Crippen LogP contribution < -0.4 is 9.47 Å². The van der Waals surface area contributed by atoms with E-state index in [1.54, 1.807) is 33.9 Å². The Hall–Kier alpha value is -3.41. The summed E-state index contributed by atoms with van der Waals surface area (Å²) in [5.74, 6) is 0.295. The minimum Gasteiger partial charge on any atom is -0.496 e. The molecule has 0 bridgehead atoms. The number of nitrogens with zero attached hydrogens (tertiary/aromatic N) is 1. The second kappa shape index (κ2) is 11.4. The number of hydrogen-bond donors (Lipinski definition) is 0. The molecule has 1 amide bonds. The summed E-state index contributed by atoms with van der Waals surface area (Å²) in [4.78, 5) is 14.7. The molecule has 0 N–H and O–H groups in total. The number of benzene rings is 2. The lowest BCUT2D eigenvalue weighted by molar-refractivity contribution is -0.0510. The Balaban J connectivity index is 1.90. The molecule has 0 aromatic heterocycles. The van der Waals surface area contributed by atoms with Crippen LogP contribution >= 0.6 is 0 Å². The number of amides is 1. The monoisotopic (exact) mass is 571 g/mol. The lowest BCUT2D eigenvalue weighted by Crippen LogP contribution is -2.40. The van der Waals surface area contributed by atoms with Crippen LogP contribution in [0, 0.1) is 6.92 Å². The molecule has 2 aromatic carbocycles. The van der Waals surface area contributed by atoms with Crippen LogP contribution in [0.5, 0.6) is 11.5 Å². The molecule has 0 saturated carbocycles. The van der Waals surface area contributed by atoms with E-state index in [0.717, 1.165) is 11.1 Å². The number of fused-ring (bicyclic) bond motifs is 1. The minimum absolute atomic E-state index is 0.0608. The number of carbonyl (C=O) groups excluding carboxylic acids is 1. The number of hydrogen-bond acceptors (Lipinski definition) is 7. The Morgan fingerprint density at radius 1 is 1.13 bits per heavy atom. The van der Waals surface area contributed by atoms with Gasteiger partial charge in [-0.05, 0) is 63.9 Å². The third kappa shape index (κ3) is 7.37. The molecule has 1 heterocycles. The average Bonchev–Trinajstić information content (AvgIpc) is 2.82. The summed E-state index contributed by atoms with van der Waals surface area (Å²) in [5, 5.41) is 0. The van der Waals surface area contributed by atoms with Crippen LogP contribution in [0.25, 0.3) is 5.76 Å². The molecule has 0 aliphatic carbocycles. The number of alkyl halides is 3. The van der Waals surface area contributed by atoms with Crippen molar-refractivity contribution >= 4 is 22.0 Å². The topological polar surface area (TPSA) is 91.4 Å². The molecule has 0 spiro atoms. The zero-order valence-corrected chi connectivity index (χ0v) is 23.4. The lowest BCUT2D eigenvalue weighted by atomic mass is 10.0. The normalized spacial score (nSPS) is 16.3. The Labute approximate surface area is 226 Å². The third-order valence-electron chi connectivity index (χ3n) is 5.92. The molecule has 2 atom stereocenters. The van der Waals surface area contributed by atoms with E-state index in [0.29, 0.717) is 5.75 Å². The van der Waals surface area contributed by atoms with Crippen LogP contribution in [0.4, 0.5) is 18.0 Å². The number of carbonyl (C=O) groups is 1. The van der Waals surface area contributed by atoms with E-state index in [1.807, 2.05) is 32.0 Å². The van der Waals surface area contributed by atoms with Crippen LogP contribution in [0.15, 0.2) is 48.5 Å². The third-order valence-corrected chi connectivity index (χ3v) is 6.88. The van der Waals surface area contributed by atoms with Gasteiger partial charge in [-0.25, -0.2) is 4.79 Å². The maximum Gasteiger partial charge on any atom is 0.534 e. The van der Waals surface area contributed by atoms with Crippen molar-refractivity contribution in [3.05, 3.63) is 65.2 Å². The highest BCUT2D eigenvalue weighted by Gasteiger charge is 2.49. The highest BCUT2D eigenvalue weighted by atomic mass is 32.2. The maximum absolute atomic E-state index is 13.2. The largest absolute Gasteiger partial charge is 0.534 e. The van der Waals surface area contributed by atoms with Crippen molar-refractivity contribution in [1.29, 1.82) is 0 Å². The molecule has 0 unspecified atom stereocenters.